The minimum Gasteiger partial charge on any atom is -0.354 e. The quantitative estimate of drug-likeness (QED) is 0.821. The van der Waals surface area contributed by atoms with Crippen LogP contribution in [0.15, 0.2) is 12.1 Å². The first-order valence-corrected chi connectivity index (χ1v) is 8.91. The van der Waals surface area contributed by atoms with Gasteiger partial charge in [-0.05, 0) is 18.6 Å². The van der Waals surface area contributed by atoms with E-state index in [0.717, 1.165) is 24.5 Å². The number of alkyl halides is 2. The number of halogens is 2. The summed E-state index contributed by atoms with van der Waals surface area (Å²) in [6.07, 6.45) is 0.276. The number of anilines is 1. The molecule has 0 bridgehead atoms. The van der Waals surface area contributed by atoms with Gasteiger partial charge in [-0.3, -0.25) is 4.79 Å². The van der Waals surface area contributed by atoms with Crippen molar-refractivity contribution in [2.45, 2.75) is 51.4 Å². The van der Waals surface area contributed by atoms with Crippen molar-refractivity contribution in [1.82, 2.24) is 15.1 Å². The number of amides is 1. The summed E-state index contributed by atoms with van der Waals surface area (Å²) in [6, 6.07) is 3.92. The van der Waals surface area contributed by atoms with E-state index in [1.807, 2.05) is 12.1 Å². The molecule has 0 aromatic carbocycles. The van der Waals surface area contributed by atoms with Crippen LogP contribution in [0.25, 0.3) is 0 Å². The Kier molecular flexibility index (Phi) is 4.68. The average Bonchev–Trinajstić information content (AvgIpc) is 3.03. The van der Waals surface area contributed by atoms with Gasteiger partial charge in [0, 0.05) is 44.4 Å². The van der Waals surface area contributed by atoms with Crippen molar-refractivity contribution < 1.29 is 13.6 Å². The lowest BCUT2D eigenvalue weighted by molar-refractivity contribution is -0.140. The standard InChI is InChI=1S/C18H26F2N4O/c1-17(2,3)14-4-5-15(22-21-14)24-9-6-13(12-24)16(25)23-10-7-18(19,20)8-11-23/h4-5,13H,6-12H2,1-3H3. The van der Waals surface area contributed by atoms with Crippen molar-refractivity contribution in [2.75, 3.05) is 31.1 Å². The lowest BCUT2D eigenvalue weighted by Crippen LogP contribution is -2.45. The highest BCUT2D eigenvalue weighted by Crippen LogP contribution is 2.30. The van der Waals surface area contributed by atoms with Crippen molar-refractivity contribution in [3.8, 4) is 0 Å². The summed E-state index contributed by atoms with van der Waals surface area (Å²) in [6.45, 7) is 7.89. The number of carbonyl (C=O) groups excluding carboxylic acids is 1. The van der Waals surface area contributed by atoms with Crippen LogP contribution >= 0.6 is 0 Å². The molecule has 0 radical (unpaired) electrons. The predicted molar refractivity (Wildman–Crippen MR) is 91.8 cm³/mol. The summed E-state index contributed by atoms with van der Waals surface area (Å²) in [5.41, 5.74) is 0.878. The monoisotopic (exact) mass is 352 g/mol. The molecule has 1 aromatic heterocycles. The zero-order chi connectivity index (χ0) is 18.2. The number of hydrogen-bond acceptors (Lipinski definition) is 4. The molecule has 0 aliphatic carbocycles. The molecule has 7 heteroatoms. The Morgan fingerprint density at radius 2 is 1.84 bits per heavy atom. The molecular formula is C18H26F2N4O. The number of hydrogen-bond donors (Lipinski definition) is 0. The lowest BCUT2D eigenvalue weighted by Gasteiger charge is -2.33. The molecule has 1 unspecified atom stereocenters. The van der Waals surface area contributed by atoms with Gasteiger partial charge in [-0.25, -0.2) is 8.78 Å². The Bertz CT molecular complexity index is 617. The molecule has 1 amide bonds. The van der Waals surface area contributed by atoms with Gasteiger partial charge in [0.25, 0.3) is 5.92 Å². The van der Waals surface area contributed by atoms with Crippen LogP contribution in [0.5, 0.6) is 0 Å². The van der Waals surface area contributed by atoms with Crippen LogP contribution < -0.4 is 4.90 Å². The number of likely N-dealkylation sites (tertiary alicyclic amines) is 1. The van der Waals surface area contributed by atoms with E-state index in [0.29, 0.717) is 6.54 Å². The second-order valence-corrected chi connectivity index (χ2v) is 8.14. The summed E-state index contributed by atoms with van der Waals surface area (Å²) < 4.78 is 26.5. The van der Waals surface area contributed by atoms with Crippen LogP contribution in [0.2, 0.25) is 0 Å². The third kappa shape index (κ3) is 4.07. The number of rotatable bonds is 2. The third-order valence-electron chi connectivity index (χ3n) is 5.09. The van der Waals surface area contributed by atoms with Crippen molar-refractivity contribution in [2.24, 2.45) is 5.92 Å². The minimum absolute atomic E-state index is 0.00253. The van der Waals surface area contributed by atoms with Gasteiger partial charge in [-0.1, -0.05) is 20.8 Å². The molecule has 2 saturated heterocycles. The number of aromatic nitrogens is 2. The van der Waals surface area contributed by atoms with Crippen LogP contribution in [0.3, 0.4) is 0 Å². The average molecular weight is 352 g/mol. The summed E-state index contributed by atoms with van der Waals surface area (Å²) >= 11 is 0. The molecule has 138 valence electrons. The van der Waals surface area contributed by atoms with Crippen LogP contribution in [-0.4, -0.2) is 53.1 Å². The van der Waals surface area contributed by atoms with Crippen LogP contribution in [0.1, 0.15) is 45.7 Å². The Labute approximate surface area is 147 Å². The van der Waals surface area contributed by atoms with E-state index in [9.17, 15) is 13.6 Å². The van der Waals surface area contributed by atoms with Crippen molar-refractivity contribution in [1.29, 1.82) is 0 Å². The molecule has 1 aromatic rings. The molecule has 0 saturated carbocycles. The number of nitrogens with zero attached hydrogens (tertiary/aromatic N) is 4. The third-order valence-corrected chi connectivity index (χ3v) is 5.09. The molecule has 0 spiro atoms. The van der Waals surface area contributed by atoms with Gasteiger partial charge in [-0.15, -0.1) is 5.10 Å². The van der Waals surface area contributed by atoms with Crippen LogP contribution in [0.4, 0.5) is 14.6 Å². The maximum absolute atomic E-state index is 13.3. The van der Waals surface area contributed by atoms with Crippen molar-refractivity contribution in [3.05, 3.63) is 17.8 Å². The topological polar surface area (TPSA) is 49.3 Å². The Morgan fingerprint density at radius 1 is 1.16 bits per heavy atom. The van der Waals surface area contributed by atoms with Crippen molar-refractivity contribution >= 4 is 11.7 Å². The molecule has 2 aliphatic heterocycles. The van der Waals surface area contributed by atoms with Gasteiger partial charge in [-0.2, -0.15) is 5.10 Å². The van der Waals surface area contributed by atoms with E-state index < -0.39 is 5.92 Å². The molecule has 3 heterocycles. The molecule has 1 atom stereocenters. The van der Waals surface area contributed by atoms with Gasteiger partial charge < -0.3 is 9.80 Å². The number of piperidine rings is 1. The SMILES string of the molecule is CC(C)(C)c1ccc(N2CCC(C(=O)N3CCC(F)(F)CC3)C2)nn1. The highest BCUT2D eigenvalue weighted by Gasteiger charge is 2.39. The first-order chi connectivity index (χ1) is 11.7. The lowest BCUT2D eigenvalue weighted by atomic mass is 9.92. The smallest absolute Gasteiger partial charge is 0.251 e. The molecule has 0 N–H and O–H groups in total. The molecule has 3 rings (SSSR count). The summed E-state index contributed by atoms with van der Waals surface area (Å²) in [4.78, 5) is 16.2. The van der Waals surface area contributed by atoms with Crippen molar-refractivity contribution in [3.63, 3.8) is 0 Å². The fraction of sp³-hybridized carbons (Fsp3) is 0.722. The second-order valence-electron chi connectivity index (χ2n) is 8.14. The van der Waals surface area contributed by atoms with Gasteiger partial charge in [0.05, 0.1) is 11.6 Å². The fourth-order valence-corrected chi connectivity index (χ4v) is 3.38. The fourth-order valence-electron chi connectivity index (χ4n) is 3.38. The summed E-state index contributed by atoms with van der Waals surface area (Å²) in [7, 11) is 0. The predicted octanol–water partition coefficient (Wildman–Crippen LogP) is 2.86. The maximum atomic E-state index is 13.3. The zero-order valence-corrected chi connectivity index (χ0v) is 15.1. The van der Waals surface area contributed by atoms with Gasteiger partial charge in [0.2, 0.25) is 5.91 Å². The summed E-state index contributed by atoms with van der Waals surface area (Å²) in [5.74, 6) is -2.00. The Balaban J connectivity index is 1.59. The zero-order valence-electron chi connectivity index (χ0n) is 15.1. The summed E-state index contributed by atoms with van der Waals surface area (Å²) in [5, 5.41) is 8.60. The second kappa shape index (κ2) is 6.50. The minimum atomic E-state index is -2.62. The molecule has 2 aliphatic rings. The normalized spacial score (nSPS) is 23.8. The maximum Gasteiger partial charge on any atom is 0.251 e. The molecule has 2 fully saturated rings. The van der Waals surface area contributed by atoms with Crippen LogP contribution in [-0.2, 0) is 10.2 Å². The Hall–Kier alpha value is -1.79. The van der Waals surface area contributed by atoms with Crippen LogP contribution in [0, 0.1) is 5.92 Å². The van der Waals surface area contributed by atoms with E-state index in [1.165, 1.54) is 0 Å². The largest absolute Gasteiger partial charge is 0.354 e. The molecule has 5 nitrogen and oxygen atoms in total. The van der Waals surface area contributed by atoms with Gasteiger partial charge >= 0.3 is 0 Å². The molecular weight excluding hydrogens is 326 g/mol. The first-order valence-electron chi connectivity index (χ1n) is 8.91. The molecule has 25 heavy (non-hydrogen) atoms. The van der Waals surface area contributed by atoms with E-state index in [1.54, 1.807) is 4.90 Å². The van der Waals surface area contributed by atoms with E-state index in [-0.39, 0.29) is 43.2 Å². The first kappa shape index (κ1) is 18.0. The van der Waals surface area contributed by atoms with Gasteiger partial charge in [0.1, 0.15) is 0 Å². The van der Waals surface area contributed by atoms with E-state index >= 15 is 0 Å². The highest BCUT2D eigenvalue weighted by molar-refractivity contribution is 5.80. The van der Waals surface area contributed by atoms with E-state index in [2.05, 4.69) is 35.9 Å². The Morgan fingerprint density at radius 3 is 2.40 bits per heavy atom. The van der Waals surface area contributed by atoms with E-state index in [4.69, 9.17) is 0 Å². The van der Waals surface area contributed by atoms with Gasteiger partial charge in [0.15, 0.2) is 5.82 Å². The highest BCUT2D eigenvalue weighted by atomic mass is 19.3. The number of carbonyl (C=O) groups is 1.